The van der Waals surface area contributed by atoms with Crippen molar-refractivity contribution in [2.75, 3.05) is 13.2 Å². The van der Waals surface area contributed by atoms with Crippen molar-refractivity contribution in [1.82, 2.24) is 0 Å². The summed E-state index contributed by atoms with van der Waals surface area (Å²) in [5.41, 5.74) is 0. The van der Waals surface area contributed by atoms with E-state index in [4.69, 9.17) is 9.47 Å². The van der Waals surface area contributed by atoms with Crippen molar-refractivity contribution in [3.63, 3.8) is 0 Å². The van der Waals surface area contributed by atoms with Crippen LogP contribution in [-0.4, -0.2) is 36.4 Å². The molecular formula is C75H134O5. The number of allylic oxidation sites excluding steroid dienone is 14. The molecule has 0 aromatic heterocycles. The highest BCUT2D eigenvalue weighted by atomic mass is 16.6. The average molecular weight is 1120 g/mol. The third-order valence-electron chi connectivity index (χ3n) is 15.7. The van der Waals surface area contributed by atoms with Crippen LogP contribution in [0.2, 0.25) is 0 Å². The third kappa shape index (κ3) is 67.6. The van der Waals surface area contributed by atoms with Gasteiger partial charge in [0.2, 0.25) is 0 Å². The molecule has 0 rings (SSSR count). The van der Waals surface area contributed by atoms with E-state index in [0.717, 1.165) is 83.5 Å². The van der Waals surface area contributed by atoms with E-state index in [0.29, 0.717) is 12.8 Å². The minimum atomic E-state index is -0.774. The molecule has 80 heavy (non-hydrogen) atoms. The Morgan fingerprint density at radius 2 is 0.537 bits per heavy atom. The number of aliphatic hydroxyl groups is 1. The van der Waals surface area contributed by atoms with E-state index in [-0.39, 0.29) is 25.2 Å². The minimum Gasteiger partial charge on any atom is -0.462 e. The molecule has 464 valence electrons. The van der Waals surface area contributed by atoms with Gasteiger partial charge in [0.1, 0.15) is 6.61 Å². The van der Waals surface area contributed by atoms with Crippen molar-refractivity contribution in [3.8, 4) is 0 Å². The molecule has 0 radical (unpaired) electrons. The summed E-state index contributed by atoms with van der Waals surface area (Å²) >= 11 is 0. The summed E-state index contributed by atoms with van der Waals surface area (Å²) in [6, 6.07) is 0. The smallest absolute Gasteiger partial charge is 0.306 e. The van der Waals surface area contributed by atoms with Gasteiger partial charge in [-0.2, -0.15) is 0 Å². The summed E-state index contributed by atoms with van der Waals surface area (Å²) in [5, 5.41) is 9.70. The number of unbranched alkanes of at least 4 members (excludes halogenated alkanes) is 43. The summed E-state index contributed by atoms with van der Waals surface area (Å²) in [6.07, 6.45) is 99.0. The Morgan fingerprint density at radius 1 is 0.300 bits per heavy atom. The molecule has 1 N–H and O–H groups in total. The highest BCUT2D eigenvalue weighted by Gasteiger charge is 2.16. The first kappa shape index (κ1) is 77.1. The van der Waals surface area contributed by atoms with Crippen molar-refractivity contribution in [2.24, 2.45) is 0 Å². The predicted molar refractivity (Wildman–Crippen MR) is 353 cm³/mol. The van der Waals surface area contributed by atoms with Crippen LogP contribution in [0.4, 0.5) is 0 Å². The molecule has 1 unspecified atom stereocenters. The van der Waals surface area contributed by atoms with E-state index < -0.39 is 6.10 Å². The Kier molecular flexibility index (Phi) is 67.8. The molecule has 0 bridgehead atoms. The second-order valence-electron chi connectivity index (χ2n) is 23.6. The second kappa shape index (κ2) is 70.3. The zero-order valence-electron chi connectivity index (χ0n) is 53.3. The molecule has 0 heterocycles. The number of carbonyl (C=O) groups is 2. The molecule has 0 aliphatic heterocycles. The van der Waals surface area contributed by atoms with Crippen molar-refractivity contribution in [1.29, 1.82) is 0 Å². The fourth-order valence-electron chi connectivity index (χ4n) is 10.5. The average Bonchev–Trinajstić information content (AvgIpc) is 3.46. The van der Waals surface area contributed by atoms with Crippen LogP contribution < -0.4 is 0 Å². The fourth-order valence-corrected chi connectivity index (χ4v) is 10.5. The number of hydrogen-bond acceptors (Lipinski definition) is 5. The Morgan fingerprint density at radius 3 is 0.812 bits per heavy atom. The molecule has 0 aromatic carbocycles. The maximum Gasteiger partial charge on any atom is 0.306 e. The Hall–Kier alpha value is -2.92. The van der Waals surface area contributed by atoms with Crippen molar-refractivity contribution in [2.45, 2.75) is 367 Å². The molecule has 0 aliphatic rings. The lowest BCUT2D eigenvalue weighted by Crippen LogP contribution is -2.28. The van der Waals surface area contributed by atoms with E-state index in [1.54, 1.807) is 0 Å². The molecule has 0 aliphatic carbocycles. The van der Waals surface area contributed by atoms with Crippen molar-refractivity contribution >= 4 is 11.9 Å². The summed E-state index contributed by atoms with van der Waals surface area (Å²) in [6.45, 7) is 4.08. The second-order valence-corrected chi connectivity index (χ2v) is 23.6. The first-order chi connectivity index (χ1) is 39.6. The van der Waals surface area contributed by atoms with Crippen LogP contribution in [0.3, 0.4) is 0 Å². The van der Waals surface area contributed by atoms with Gasteiger partial charge >= 0.3 is 11.9 Å². The maximum absolute atomic E-state index is 12.4. The highest BCUT2D eigenvalue weighted by molar-refractivity contribution is 5.70. The number of esters is 2. The SMILES string of the molecule is CC/C=C\C/C=C\C/C=C\C/C=C\C/C=C\C/C=C\C/C=C\CCCCCCCCCCCCCCCCCC(=O)OC(CO)COC(=O)CCCCCCCCCCCCCCCCCCCCCCCCCCCCCCC. The number of aliphatic hydroxyl groups excluding tert-OH is 1. The van der Waals surface area contributed by atoms with E-state index >= 15 is 0 Å². The maximum atomic E-state index is 12.4. The van der Waals surface area contributed by atoms with Crippen LogP contribution in [-0.2, 0) is 19.1 Å². The molecule has 5 nitrogen and oxygen atoms in total. The molecule has 5 heteroatoms. The Labute approximate surface area is 498 Å². The largest absolute Gasteiger partial charge is 0.462 e. The van der Waals surface area contributed by atoms with Crippen LogP contribution in [0.15, 0.2) is 85.1 Å². The van der Waals surface area contributed by atoms with Gasteiger partial charge in [-0.25, -0.2) is 0 Å². The first-order valence-corrected chi connectivity index (χ1v) is 35.1. The zero-order valence-corrected chi connectivity index (χ0v) is 53.3. The van der Waals surface area contributed by atoms with Gasteiger partial charge in [0.25, 0.3) is 0 Å². The lowest BCUT2D eigenvalue weighted by Gasteiger charge is -2.15. The van der Waals surface area contributed by atoms with E-state index in [2.05, 4.69) is 98.9 Å². The lowest BCUT2D eigenvalue weighted by atomic mass is 10.0. The van der Waals surface area contributed by atoms with Crippen LogP contribution in [0.1, 0.15) is 361 Å². The standard InChI is InChI=1S/C75H134O5/c1-3-5-7-9-11-13-15-17-19-21-23-25-27-29-31-33-34-35-36-37-38-39-40-42-44-46-48-50-52-54-56-58-60-62-64-66-68-70-75(78)80-73(71-76)72-79-74(77)69-67-65-63-61-59-57-55-53-51-49-47-45-43-41-32-30-28-26-24-22-20-18-16-14-12-10-8-6-4-2/h5,7,11,13,17,19,23,25,29,31,34-35,37-38,73,76H,3-4,6,8-10,12,14-16,18,20-22,24,26-28,30,32-33,36,39-72H2,1-2H3/b7-5-,13-11-,19-17-,25-23-,31-29-,35-34-,38-37-. The summed E-state index contributed by atoms with van der Waals surface area (Å²) in [4.78, 5) is 24.7. The topological polar surface area (TPSA) is 72.8 Å². The number of carbonyl (C=O) groups excluding carboxylic acids is 2. The molecule has 0 aromatic rings. The molecule has 1 atom stereocenters. The van der Waals surface area contributed by atoms with Gasteiger partial charge in [0.05, 0.1) is 6.61 Å². The van der Waals surface area contributed by atoms with Crippen LogP contribution in [0.5, 0.6) is 0 Å². The lowest BCUT2D eigenvalue weighted by molar-refractivity contribution is -0.161. The minimum absolute atomic E-state index is 0.0631. The summed E-state index contributed by atoms with van der Waals surface area (Å²) < 4.78 is 10.8. The van der Waals surface area contributed by atoms with Gasteiger partial charge < -0.3 is 14.6 Å². The van der Waals surface area contributed by atoms with Crippen LogP contribution in [0, 0.1) is 0 Å². The van der Waals surface area contributed by atoms with Crippen molar-refractivity contribution in [3.05, 3.63) is 85.1 Å². The molecule has 0 saturated carbocycles. The first-order valence-electron chi connectivity index (χ1n) is 35.1. The monoisotopic (exact) mass is 1120 g/mol. The highest BCUT2D eigenvalue weighted by Crippen LogP contribution is 2.19. The van der Waals surface area contributed by atoms with Crippen LogP contribution >= 0.6 is 0 Å². The molecule has 0 spiro atoms. The van der Waals surface area contributed by atoms with Gasteiger partial charge in [-0.05, 0) is 70.6 Å². The fraction of sp³-hybridized carbons (Fsp3) is 0.787. The van der Waals surface area contributed by atoms with Gasteiger partial charge in [0, 0.05) is 12.8 Å². The van der Waals surface area contributed by atoms with Gasteiger partial charge in [-0.15, -0.1) is 0 Å². The van der Waals surface area contributed by atoms with Gasteiger partial charge in [0.15, 0.2) is 6.10 Å². The quantitative estimate of drug-likeness (QED) is 0.0373. The van der Waals surface area contributed by atoms with E-state index in [1.807, 2.05) is 0 Å². The molecular weight excluding hydrogens is 981 g/mol. The van der Waals surface area contributed by atoms with Crippen molar-refractivity contribution < 1.29 is 24.2 Å². The Balaban J connectivity index is 3.44. The number of ether oxygens (including phenoxy) is 2. The molecule has 0 fully saturated rings. The molecule has 0 amide bonds. The normalized spacial score (nSPS) is 12.7. The van der Waals surface area contributed by atoms with Gasteiger partial charge in [-0.1, -0.05) is 362 Å². The predicted octanol–water partition coefficient (Wildman–Crippen LogP) is 24.4. The van der Waals surface area contributed by atoms with E-state index in [1.165, 1.54) is 250 Å². The summed E-state index contributed by atoms with van der Waals surface area (Å²) in [7, 11) is 0. The summed E-state index contributed by atoms with van der Waals surface area (Å²) in [5.74, 6) is -0.574. The van der Waals surface area contributed by atoms with Crippen LogP contribution in [0.25, 0.3) is 0 Å². The number of rotatable bonds is 65. The van der Waals surface area contributed by atoms with Gasteiger partial charge in [-0.3, -0.25) is 9.59 Å². The zero-order chi connectivity index (χ0) is 57.6. The number of hydrogen-bond donors (Lipinski definition) is 1. The third-order valence-corrected chi connectivity index (χ3v) is 15.7. The Bertz CT molecular complexity index is 1450. The van der Waals surface area contributed by atoms with E-state index in [9.17, 15) is 14.7 Å². The molecule has 0 saturated heterocycles.